The molecule has 27 heavy (non-hydrogen) atoms. The lowest BCUT2D eigenvalue weighted by molar-refractivity contribution is -0.398. The smallest absolute Gasteiger partial charge is 0.273 e. The van der Waals surface area contributed by atoms with Crippen molar-refractivity contribution in [3.8, 4) is 17.4 Å². The molecule has 0 saturated carbocycles. The molecule has 0 saturated heterocycles. The Morgan fingerprint density at radius 2 is 2.11 bits per heavy atom. The van der Waals surface area contributed by atoms with Gasteiger partial charge in [-0.05, 0) is 32.9 Å². The number of nitro groups is 1. The Kier molecular flexibility index (Phi) is 4.83. The fourth-order valence-corrected chi connectivity index (χ4v) is 2.49. The minimum absolute atomic E-state index is 0.101. The SMILES string of the molecule is CCOc1cc(/C=N\n2cnnc2-n2nc(C)cc2C)cc([N+](=O)[O-])c1[O-]. The van der Waals surface area contributed by atoms with E-state index in [0.29, 0.717) is 11.5 Å². The molecule has 2 heterocycles. The van der Waals surface area contributed by atoms with Gasteiger partial charge in [-0.3, -0.25) is 10.1 Å². The van der Waals surface area contributed by atoms with Gasteiger partial charge in [0.1, 0.15) is 12.1 Å². The van der Waals surface area contributed by atoms with E-state index in [1.807, 2.05) is 19.9 Å². The Labute approximate surface area is 153 Å². The van der Waals surface area contributed by atoms with Crippen molar-refractivity contribution < 1.29 is 14.8 Å². The van der Waals surface area contributed by atoms with Gasteiger partial charge in [-0.2, -0.15) is 14.9 Å². The average molecular weight is 370 g/mol. The molecule has 0 N–H and O–H groups in total. The summed E-state index contributed by atoms with van der Waals surface area (Å²) in [6.45, 7) is 5.62. The maximum atomic E-state index is 12.0. The molecular formula is C16H16N7O4-. The molecule has 3 aromatic rings. The number of nitro benzene ring substituents is 1. The average Bonchev–Trinajstić information content (AvgIpc) is 3.20. The van der Waals surface area contributed by atoms with Crippen LogP contribution in [0.4, 0.5) is 5.69 Å². The van der Waals surface area contributed by atoms with Gasteiger partial charge >= 0.3 is 0 Å². The van der Waals surface area contributed by atoms with Crippen LogP contribution in [0.3, 0.4) is 0 Å². The van der Waals surface area contributed by atoms with E-state index >= 15 is 0 Å². The summed E-state index contributed by atoms with van der Waals surface area (Å²) in [6, 6.07) is 4.42. The molecule has 0 amide bonds. The standard InChI is InChI=1S/C16H17N7O4/c1-4-27-14-7-12(6-13(15(14)24)23(25)26)8-18-21-9-17-19-16(21)22-11(3)5-10(2)20-22/h5-9,24H,4H2,1-3H3/p-1/b18-8-. The second-order valence-corrected chi connectivity index (χ2v) is 5.62. The van der Waals surface area contributed by atoms with Crippen molar-refractivity contribution >= 4 is 11.9 Å². The van der Waals surface area contributed by atoms with Crippen LogP contribution in [0.25, 0.3) is 5.95 Å². The van der Waals surface area contributed by atoms with Crippen molar-refractivity contribution in [2.75, 3.05) is 6.61 Å². The molecular weight excluding hydrogens is 354 g/mol. The molecule has 11 nitrogen and oxygen atoms in total. The number of aromatic nitrogens is 5. The number of ether oxygens (including phenoxy) is 1. The van der Waals surface area contributed by atoms with Gasteiger partial charge in [0, 0.05) is 23.1 Å². The van der Waals surface area contributed by atoms with Crippen LogP contribution in [-0.4, -0.2) is 42.4 Å². The predicted molar refractivity (Wildman–Crippen MR) is 93.3 cm³/mol. The maximum absolute atomic E-state index is 12.0. The first kappa shape index (κ1) is 18.0. The first-order chi connectivity index (χ1) is 12.9. The fraction of sp³-hybridized carbons (Fsp3) is 0.250. The number of benzene rings is 1. The van der Waals surface area contributed by atoms with E-state index in [1.54, 1.807) is 11.6 Å². The van der Waals surface area contributed by atoms with Crippen LogP contribution in [0, 0.1) is 24.0 Å². The predicted octanol–water partition coefficient (Wildman–Crippen LogP) is 1.34. The Hall–Kier alpha value is -3.76. The molecule has 0 bridgehead atoms. The molecule has 0 radical (unpaired) electrons. The highest BCUT2D eigenvalue weighted by Crippen LogP contribution is 2.34. The van der Waals surface area contributed by atoms with Crippen molar-refractivity contribution in [3.05, 3.63) is 51.6 Å². The van der Waals surface area contributed by atoms with Crippen molar-refractivity contribution in [2.24, 2.45) is 5.10 Å². The van der Waals surface area contributed by atoms with Gasteiger partial charge in [0.15, 0.2) is 0 Å². The van der Waals surface area contributed by atoms with E-state index in [1.165, 1.54) is 23.3 Å². The molecule has 0 spiro atoms. The molecule has 0 aliphatic heterocycles. The minimum Gasteiger partial charge on any atom is -0.865 e. The largest absolute Gasteiger partial charge is 0.865 e. The lowest BCUT2D eigenvalue weighted by atomic mass is 10.2. The Bertz CT molecular complexity index is 1020. The third-order valence-corrected chi connectivity index (χ3v) is 3.60. The first-order valence-electron chi connectivity index (χ1n) is 8.01. The molecule has 0 aliphatic rings. The van der Waals surface area contributed by atoms with Crippen LogP contribution in [0.1, 0.15) is 23.9 Å². The summed E-state index contributed by atoms with van der Waals surface area (Å²) < 4.78 is 8.14. The number of rotatable bonds is 6. The topological polar surface area (TPSA) is 136 Å². The van der Waals surface area contributed by atoms with Gasteiger partial charge in [0.25, 0.3) is 11.6 Å². The van der Waals surface area contributed by atoms with Gasteiger partial charge in [-0.1, -0.05) is 0 Å². The van der Waals surface area contributed by atoms with Crippen molar-refractivity contribution in [2.45, 2.75) is 20.8 Å². The highest BCUT2D eigenvalue weighted by molar-refractivity contribution is 5.83. The van der Waals surface area contributed by atoms with Crippen molar-refractivity contribution in [3.63, 3.8) is 0 Å². The summed E-state index contributed by atoms with van der Waals surface area (Å²) in [5.41, 5.74) is 1.42. The summed E-state index contributed by atoms with van der Waals surface area (Å²) in [6.07, 6.45) is 2.73. The molecule has 0 fully saturated rings. The Morgan fingerprint density at radius 3 is 2.74 bits per heavy atom. The van der Waals surface area contributed by atoms with Gasteiger partial charge in [0.2, 0.25) is 0 Å². The number of hydrogen-bond donors (Lipinski definition) is 0. The normalized spacial score (nSPS) is 11.2. The van der Waals surface area contributed by atoms with Crippen LogP contribution in [0.15, 0.2) is 29.6 Å². The summed E-state index contributed by atoms with van der Waals surface area (Å²) in [4.78, 5) is 10.4. The van der Waals surface area contributed by atoms with Crippen LogP contribution < -0.4 is 9.84 Å². The van der Waals surface area contributed by atoms with Gasteiger partial charge in [-0.15, -0.1) is 10.2 Å². The summed E-state index contributed by atoms with van der Waals surface area (Å²) in [7, 11) is 0. The number of aryl methyl sites for hydroxylation is 2. The quantitative estimate of drug-likeness (QED) is 0.363. The van der Waals surface area contributed by atoms with Crippen LogP contribution in [0.5, 0.6) is 11.5 Å². The molecule has 3 rings (SSSR count). The van der Waals surface area contributed by atoms with E-state index < -0.39 is 16.4 Å². The fourth-order valence-electron chi connectivity index (χ4n) is 2.49. The van der Waals surface area contributed by atoms with Gasteiger partial charge in [0.05, 0.1) is 23.4 Å². The van der Waals surface area contributed by atoms with E-state index in [0.717, 1.165) is 17.5 Å². The van der Waals surface area contributed by atoms with E-state index in [4.69, 9.17) is 4.74 Å². The van der Waals surface area contributed by atoms with Gasteiger partial charge in [-0.25, -0.2) is 4.68 Å². The van der Waals surface area contributed by atoms with E-state index in [2.05, 4.69) is 20.4 Å². The highest BCUT2D eigenvalue weighted by Gasteiger charge is 2.14. The molecule has 1 aromatic carbocycles. The summed E-state index contributed by atoms with van der Waals surface area (Å²) in [5, 5.41) is 39.5. The zero-order chi connectivity index (χ0) is 19.6. The highest BCUT2D eigenvalue weighted by atomic mass is 16.6. The first-order valence-corrected chi connectivity index (χ1v) is 8.01. The van der Waals surface area contributed by atoms with Crippen molar-refractivity contribution in [1.29, 1.82) is 0 Å². The summed E-state index contributed by atoms with van der Waals surface area (Å²) >= 11 is 0. The third kappa shape index (κ3) is 3.61. The second kappa shape index (κ2) is 7.23. The lowest BCUT2D eigenvalue weighted by Gasteiger charge is -2.14. The van der Waals surface area contributed by atoms with Crippen molar-refractivity contribution in [1.82, 2.24) is 24.7 Å². The molecule has 0 unspecified atom stereocenters. The number of nitrogens with zero attached hydrogens (tertiary/aromatic N) is 7. The van der Waals surface area contributed by atoms with Gasteiger partial charge < -0.3 is 9.84 Å². The molecule has 2 aromatic heterocycles. The zero-order valence-corrected chi connectivity index (χ0v) is 14.9. The molecule has 140 valence electrons. The second-order valence-electron chi connectivity index (χ2n) is 5.62. The molecule has 0 atom stereocenters. The summed E-state index contributed by atoms with van der Waals surface area (Å²) in [5.74, 6) is -0.515. The van der Waals surface area contributed by atoms with E-state index in [9.17, 15) is 15.2 Å². The number of hydrogen-bond acceptors (Lipinski definition) is 8. The maximum Gasteiger partial charge on any atom is 0.273 e. The lowest BCUT2D eigenvalue weighted by Crippen LogP contribution is -2.07. The Balaban J connectivity index is 1.99. The van der Waals surface area contributed by atoms with Crippen LogP contribution in [0.2, 0.25) is 0 Å². The van der Waals surface area contributed by atoms with Crippen LogP contribution >= 0.6 is 0 Å². The Morgan fingerprint density at radius 1 is 1.33 bits per heavy atom. The van der Waals surface area contributed by atoms with Crippen LogP contribution in [-0.2, 0) is 0 Å². The van der Waals surface area contributed by atoms with E-state index in [-0.39, 0.29) is 12.4 Å². The monoisotopic (exact) mass is 370 g/mol. The zero-order valence-electron chi connectivity index (χ0n) is 14.9. The third-order valence-electron chi connectivity index (χ3n) is 3.60. The molecule has 0 aliphatic carbocycles. The molecule has 11 heteroatoms. The minimum atomic E-state index is -0.772.